The van der Waals surface area contributed by atoms with E-state index in [4.69, 9.17) is 37.4 Å². The van der Waals surface area contributed by atoms with Crippen LogP contribution in [0.15, 0.2) is 527 Å². The standard InChI is InChI=1S/C34H22N3O.2C34H22N3.C12H10N.C6H6O.C6H6S.3Pd/c1-2-8-24(9-3-1)25-13-15-26(16-14-25)27-19-21-35-29(22-27)28-17-18-33-31(23-28)37(34-12-6-7-20-36-34)30-10-4-5-11-32(30)38-33;1-2-8-24(9-3-1)25-15-17-26(18-16-25)27-19-21-35-32(23-27)28-10-6-11-29(22-28)37-33-14-5-4-12-30(33)31-13-7-20-36-34(31)37;1-2-8-24(9-3-1)25-13-15-26(16-14-25)27-19-21-35-31(22-27)28-17-18-30-29-10-4-5-11-32(29)37(33(30)23-28)34-12-6-7-20-36-34;1-3-7-11(8-4-1)13-12-9-5-2-6-10-12;2*7-6-4-2-1-3-5-6;;;/h1-22H;1-21,23H;1-22H;1-10H;2*1-5,7H;;;/q4*-1;;;;2*+2/p-1. The molecule has 8 aromatic heterocycles. The van der Waals surface area contributed by atoms with Crippen molar-refractivity contribution < 1.29 is 71.1 Å². The summed E-state index contributed by atoms with van der Waals surface area (Å²) in [7, 11) is 0. The van der Waals surface area contributed by atoms with E-state index in [2.05, 4.69) is 313 Å². The van der Waals surface area contributed by atoms with Crippen molar-refractivity contribution in [3.05, 3.63) is 546 Å². The fraction of sp³-hybridized carbons (Fsp3) is 0. The quantitative estimate of drug-likeness (QED) is 0.0637. The number of nitrogens with zero attached hydrogens (tertiary/aromatic N) is 10. The Morgan fingerprint density at radius 3 is 1.13 bits per heavy atom. The van der Waals surface area contributed by atoms with Crippen molar-refractivity contribution in [3.8, 4) is 129 Å². The van der Waals surface area contributed by atoms with Gasteiger partial charge in [0.15, 0.2) is 0 Å². The summed E-state index contributed by atoms with van der Waals surface area (Å²) in [6.45, 7) is 0. The molecule has 1 N–H and O–H groups in total. The smallest absolute Gasteiger partial charge is 0.780 e. The monoisotopic (exact) mass is 2120 g/mol. The van der Waals surface area contributed by atoms with Crippen LogP contribution in [-0.2, 0) is 73.9 Å². The van der Waals surface area contributed by atoms with Gasteiger partial charge in [0.2, 0.25) is 0 Å². The molecule has 0 unspecified atom stereocenters. The molecule has 1 aliphatic heterocycles. The van der Waals surface area contributed by atoms with Crippen molar-refractivity contribution in [2.24, 2.45) is 0 Å². The Morgan fingerprint density at radius 2 is 0.655 bits per heavy atom. The van der Waals surface area contributed by atoms with Crippen LogP contribution in [0, 0.1) is 18.2 Å². The molecular formula is C126H87N10O2Pd3S-. The summed E-state index contributed by atoms with van der Waals surface area (Å²) in [5.41, 5.74) is 28.3. The molecule has 16 heteroatoms. The Kier molecular flexibility index (Phi) is 32.3. The van der Waals surface area contributed by atoms with Gasteiger partial charge >= 0.3 is 40.8 Å². The number of aromatic hydroxyl groups is 1. The molecule has 1 aliphatic rings. The van der Waals surface area contributed by atoms with Crippen LogP contribution in [0.1, 0.15) is 0 Å². The van der Waals surface area contributed by atoms with E-state index in [-0.39, 0.29) is 61.3 Å². The number of hydrogen-bond acceptors (Lipinski definition) is 10. The molecule has 24 aromatic rings. The third kappa shape index (κ3) is 23.0. The van der Waals surface area contributed by atoms with Gasteiger partial charge in [-0.2, -0.15) is 4.90 Å². The molecule has 0 saturated heterocycles. The van der Waals surface area contributed by atoms with E-state index in [9.17, 15) is 0 Å². The molecule has 9 heterocycles. The van der Waals surface area contributed by atoms with Gasteiger partial charge in [0, 0.05) is 79.6 Å². The van der Waals surface area contributed by atoms with E-state index in [1.165, 1.54) is 44.2 Å². The van der Waals surface area contributed by atoms with Gasteiger partial charge in [0.05, 0.1) is 17.0 Å². The minimum Gasteiger partial charge on any atom is -0.780 e. The fourth-order valence-corrected chi connectivity index (χ4v) is 17.0. The number of para-hydroxylation sites is 7. The molecule has 0 amide bonds. The van der Waals surface area contributed by atoms with Crippen LogP contribution in [0.5, 0.6) is 17.2 Å². The maximum atomic E-state index is 8.63. The van der Waals surface area contributed by atoms with Crippen LogP contribution in [0.25, 0.3) is 161 Å². The Morgan fingerprint density at radius 1 is 0.268 bits per heavy atom. The summed E-state index contributed by atoms with van der Waals surface area (Å²) in [6, 6.07) is 174. The summed E-state index contributed by atoms with van der Waals surface area (Å²) in [5, 5.41) is 17.7. The predicted molar refractivity (Wildman–Crippen MR) is 571 cm³/mol. The molecule has 0 saturated carbocycles. The van der Waals surface area contributed by atoms with Gasteiger partial charge in [0.1, 0.15) is 28.8 Å². The van der Waals surface area contributed by atoms with Crippen LogP contribution >= 0.6 is 0 Å². The van der Waals surface area contributed by atoms with Crippen LogP contribution in [0.4, 0.5) is 28.6 Å². The first kappa shape index (κ1) is 97.1. The van der Waals surface area contributed by atoms with E-state index >= 15 is 0 Å². The molecular weight excluding hydrogens is 2040 g/mol. The van der Waals surface area contributed by atoms with Crippen molar-refractivity contribution in [2.75, 3.05) is 4.90 Å². The van der Waals surface area contributed by atoms with E-state index in [0.717, 1.165) is 157 Å². The first-order valence-corrected chi connectivity index (χ1v) is 46.1. The zero-order chi connectivity index (χ0) is 93.7. The average molecular weight is 2120 g/mol. The van der Waals surface area contributed by atoms with Gasteiger partial charge in [-0.1, -0.05) is 357 Å². The number of phenolic OH excluding ortho intramolecular Hbond substituents is 1. The number of ether oxygens (including phenoxy) is 1. The van der Waals surface area contributed by atoms with Crippen LogP contribution < -0.4 is 9.64 Å². The molecule has 12 nitrogen and oxygen atoms in total. The molecule has 0 atom stereocenters. The van der Waals surface area contributed by atoms with Crippen LogP contribution in [0.3, 0.4) is 0 Å². The number of phenols is 1. The third-order valence-electron chi connectivity index (χ3n) is 23.6. The van der Waals surface area contributed by atoms with E-state index < -0.39 is 0 Å². The third-order valence-corrected chi connectivity index (χ3v) is 23.9. The molecule has 25 rings (SSSR count). The summed E-state index contributed by atoms with van der Waals surface area (Å²) >= 11 is 4.81. The second kappa shape index (κ2) is 47.2. The van der Waals surface area contributed by atoms with Gasteiger partial charge in [-0.3, -0.25) is 0 Å². The second-order valence-electron chi connectivity index (χ2n) is 32.6. The fourth-order valence-electron chi connectivity index (χ4n) is 16.8. The largest absolute Gasteiger partial charge is 2.00 e. The molecule has 0 spiro atoms. The molecule has 0 radical (unpaired) electrons. The number of fused-ring (bicyclic) bond motifs is 8. The molecule has 0 fully saturated rings. The minimum atomic E-state index is 0. The molecule has 0 aliphatic carbocycles. The molecule has 690 valence electrons. The Balaban J connectivity index is 0.000000128. The van der Waals surface area contributed by atoms with Gasteiger partial charge in [-0.05, 0) is 191 Å². The Bertz CT molecular complexity index is 8110. The van der Waals surface area contributed by atoms with Crippen molar-refractivity contribution in [1.82, 2.24) is 39.0 Å². The number of rotatable bonds is 14. The number of benzene rings is 16. The normalized spacial score (nSPS) is 10.7. The van der Waals surface area contributed by atoms with E-state index in [1.54, 1.807) is 30.5 Å². The van der Waals surface area contributed by atoms with Gasteiger partial charge in [-0.25, -0.2) is 15.0 Å². The SMILES string of the molecule is Oc1ccccc1.[Pd+2].[Pd+2].[Pd].[S-]c1ccccc1.[c-]1c(-c2cc(-c3ccc(-c4ccccc4)cc3)ccn2)ccc2c1N(c1ccccn1)c1ccccc1O2.[c-]1c(-c2cc(-c3ccc(-c4ccccc4)cc3)ccn2)ccc2c3ccccc3n(-c3ccccn3)c12.[c-]1c(-c2cc(-c3ccc(-c4ccccc4)cc3)ccn2)cccc1-n1c2ccccc2c2cccnc21.c1ccc([N-]c2ccccc2)cc1. The number of anilines is 3. The second-order valence-corrected chi connectivity index (χ2v) is 33.1. The zero-order valence-corrected chi connectivity index (χ0v) is 81.8. The first-order chi connectivity index (χ1) is 68.8. The number of pyridine rings is 6. The van der Waals surface area contributed by atoms with Crippen molar-refractivity contribution in [1.29, 1.82) is 0 Å². The summed E-state index contributed by atoms with van der Waals surface area (Å²) in [6.07, 6.45) is 11.1. The average Bonchev–Trinajstić information content (AvgIpc) is 0.940. The summed E-state index contributed by atoms with van der Waals surface area (Å²) in [5.74, 6) is 3.51. The summed E-state index contributed by atoms with van der Waals surface area (Å²) in [4.78, 5) is 31.0. The topological polar surface area (TPSA) is 134 Å². The van der Waals surface area contributed by atoms with E-state index in [0.29, 0.717) is 5.75 Å². The Hall–Kier alpha value is -16.6. The Labute approximate surface area is 872 Å². The zero-order valence-electron chi connectivity index (χ0n) is 76.3. The van der Waals surface area contributed by atoms with Crippen molar-refractivity contribution in [2.45, 2.75) is 4.90 Å². The number of aromatic nitrogens is 8. The maximum Gasteiger partial charge on any atom is 2.00 e. The van der Waals surface area contributed by atoms with Gasteiger partial charge < -0.3 is 56.8 Å². The predicted octanol–water partition coefficient (Wildman–Crippen LogP) is 32.6. The molecule has 16 aromatic carbocycles. The van der Waals surface area contributed by atoms with E-state index in [1.807, 2.05) is 231 Å². The van der Waals surface area contributed by atoms with Gasteiger partial charge in [-0.15, -0.1) is 88.7 Å². The summed E-state index contributed by atoms with van der Waals surface area (Å²) < 4.78 is 10.6. The number of hydrogen-bond donors (Lipinski definition) is 1. The molecule has 0 bridgehead atoms. The van der Waals surface area contributed by atoms with Crippen molar-refractivity contribution in [3.63, 3.8) is 0 Å². The maximum absolute atomic E-state index is 8.63. The first-order valence-electron chi connectivity index (χ1n) is 45.7. The van der Waals surface area contributed by atoms with Crippen molar-refractivity contribution >= 4 is 84.9 Å². The minimum absolute atomic E-state index is 0. The van der Waals surface area contributed by atoms with Crippen LogP contribution in [-0.4, -0.2) is 44.1 Å². The van der Waals surface area contributed by atoms with Crippen LogP contribution in [0.2, 0.25) is 0 Å². The molecule has 142 heavy (non-hydrogen) atoms. The van der Waals surface area contributed by atoms with Gasteiger partial charge in [0.25, 0.3) is 0 Å².